The first kappa shape index (κ1) is 17.3. The van der Waals surface area contributed by atoms with Crippen LogP contribution in [-0.2, 0) is 6.54 Å². The van der Waals surface area contributed by atoms with Gasteiger partial charge in [-0.1, -0.05) is 32.4 Å². The van der Waals surface area contributed by atoms with E-state index in [4.69, 9.17) is 22.1 Å². The highest BCUT2D eigenvalue weighted by Crippen LogP contribution is 2.29. The Morgan fingerprint density at radius 1 is 1.25 bits per heavy atom. The lowest BCUT2D eigenvalue weighted by molar-refractivity contribution is 0.0819. The lowest BCUT2D eigenvalue weighted by atomic mass is 9.90. The minimum atomic E-state index is 0.0437. The Balaban J connectivity index is 3.07. The summed E-state index contributed by atoms with van der Waals surface area (Å²) in [5, 5.41) is 0.739. The quantitative estimate of drug-likeness (QED) is 0.795. The molecular weight excluding hydrogens is 272 g/mol. The van der Waals surface area contributed by atoms with Gasteiger partial charge in [0.25, 0.3) is 0 Å². The largest absolute Gasteiger partial charge is 0.496 e. The highest BCUT2D eigenvalue weighted by molar-refractivity contribution is 6.30. The third-order valence-electron chi connectivity index (χ3n) is 4.35. The normalized spacial score (nSPS) is 11.9. The molecule has 0 bridgehead atoms. The zero-order valence-corrected chi connectivity index (χ0v) is 13.8. The molecule has 0 atom stereocenters. The van der Waals surface area contributed by atoms with E-state index in [1.54, 1.807) is 7.11 Å². The predicted octanol–water partition coefficient (Wildman–Crippen LogP) is 3.69. The molecule has 1 aromatic rings. The molecule has 0 radical (unpaired) electrons. The van der Waals surface area contributed by atoms with Gasteiger partial charge in [0.15, 0.2) is 0 Å². The van der Waals surface area contributed by atoms with Gasteiger partial charge in [-0.2, -0.15) is 0 Å². The van der Waals surface area contributed by atoms with Crippen molar-refractivity contribution in [2.24, 2.45) is 5.73 Å². The molecule has 4 heteroatoms. The van der Waals surface area contributed by atoms with Crippen LogP contribution in [0.15, 0.2) is 18.2 Å². The number of nitrogens with zero attached hydrogens (tertiary/aromatic N) is 1. The van der Waals surface area contributed by atoms with Crippen LogP contribution in [0.1, 0.15) is 39.2 Å². The van der Waals surface area contributed by atoms with Crippen molar-refractivity contribution in [3.8, 4) is 5.75 Å². The minimum absolute atomic E-state index is 0.0437. The SMILES string of the molecule is CCN(Cc1cc(Cl)ccc1OC)C(CC)(CC)CN. The molecule has 0 amide bonds. The van der Waals surface area contributed by atoms with Crippen LogP contribution in [0.25, 0.3) is 0 Å². The van der Waals surface area contributed by atoms with Gasteiger partial charge in [-0.3, -0.25) is 4.90 Å². The van der Waals surface area contributed by atoms with Crippen molar-refractivity contribution in [2.75, 3.05) is 20.2 Å². The Kier molecular flexibility index (Phi) is 6.80. The Morgan fingerprint density at radius 2 is 1.90 bits per heavy atom. The van der Waals surface area contributed by atoms with Gasteiger partial charge in [-0.05, 0) is 37.6 Å². The molecule has 20 heavy (non-hydrogen) atoms. The van der Waals surface area contributed by atoms with E-state index in [-0.39, 0.29) is 5.54 Å². The van der Waals surface area contributed by atoms with Crippen LogP contribution in [0.2, 0.25) is 5.02 Å². The number of methoxy groups -OCH3 is 1. The molecule has 2 N–H and O–H groups in total. The second kappa shape index (κ2) is 7.87. The van der Waals surface area contributed by atoms with Crippen LogP contribution in [0.5, 0.6) is 5.75 Å². The van der Waals surface area contributed by atoms with Crippen molar-refractivity contribution in [3.05, 3.63) is 28.8 Å². The summed E-state index contributed by atoms with van der Waals surface area (Å²) in [5.41, 5.74) is 7.22. The third kappa shape index (κ3) is 3.66. The van der Waals surface area contributed by atoms with Gasteiger partial charge in [0.2, 0.25) is 0 Å². The molecule has 0 unspecified atom stereocenters. The van der Waals surface area contributed by atoms with Crippen molar-refractivity contribution in [1.29, 1.82) is 0 Å². The highest BCUT2D eigenvalue weighted by atomic mass is 35.5. The first-order valence-corrected chi connectivity index (χ1v) is 7.72. The Bertz CT molecular complexity index is 411. The summed E-state index contributed by atoms with van der Waals surface area (Å²) in [6.45, 7) is 9.00. The summed E-state index contributed by atoms with van der Waals surface area (Å²) >= 11 is 6.12. The van der Waals surface area contributed by atoms with Gasteiger partial charge in [-0.15, -0.1) is 0 Å². The summed E-state index contributed by atoms with van der Waals surface area (Å²) in [4.78, 5) is 2.43. The summed E-state index contributed by atoms with van der Waals surface area (Å²) in [6, 6.07) is 5.76. The number of likely N-dealkylation sites (N-methyl/N-ethyl adjacent to an activating group) is 1. The Hall–Kier alpha value is -0.770. The van der Waals surface area contributed by atoms with Crippen LogP contribution >= 0.6 is 11.6 Å². The van der Waals surface area contributed by atoms with Crippen LogP contribution in [0.3, 0.4) is 0 Å². The van der Waals surface area contributed by atoms with Gasteiger partial charge in [0.1, 0.15) is 5.75 Å². The second-order valence-electron chi connectivity index (χ2n) is 5.11. The van der Waals surface area contributed by atoms with Crippen molar-refractivity contribution in [3.63, 3.8) is 0 Å². The topological polar surface area (TPSA) is 38.5 Å². The molecule has 3 nitrogen and oxygen atoms in total. The van der Waals surface area contributed by atoms with Gasteiger partial charge < -0.3 is 10.5 Å². The van der Waals surface area contributed by atoms with E-state index >= 15 is 0 Å². The van der Waals surface area contributed by atoms with Crippen molar-refractivity contribution >= 4 is 11.6 Å². The maximum Gasteiger partial charge on any atom is 0.123 e. The fourth-order valence-corrected chi connectivity index (χ4v) is 3.00. The van der Waals surface area contributed by atoms with E-state index in [2.05, 4.69) is 25.7 Å². The number of benzene rings is 1. The first-order valence-electron chi connectivity index (χ1n) is 7.34. The number of nitrogens with two attached hydrogens (primary N) is 1. The molecule has 1 aromatic carbocycles. The zero-order chi connectivity index (χ0) is 15.2. The number of hydrogen-bond acceptors (Lipinski definition) is 3. The van der Waals surface area contributed by atoms with Crippen LogP contribution in [0, 0.1) is 0 Å². The maximum atomic E-state index is 6.12. The standard InChI is InChI=1S/C16H27ClN2O/c1-5-16(6-2,12-18)19(7-3)11-13-10-14(17)8-9-15(13)20-4/h8-10H,5-7,11-12,18H2,1-4H3. The molecule has 1 rings (SSSR count). The molecule has 0 aliphatic heterocycles. The molecule has 0 aliphatic rings. The van der Waals surface area contributed by atoms with Gasteiger partial charge in [0, 0.05) is 29.2 Å². The minimum Gasteiger partial charge on any atom is -0.496 e. The molecule has 0 saturated carbocycles. The van der Waals surface area contributed by atoms with Gasteiger partial charge >= 0.3 is 0 Å². The fourth-order valence-electron chi connectivity index (χ4n) is 2.81. The molecule has 114 valence electrons. The fraction of sp³-hybridized carbons (Fsp3) is 0.625. The molecule has 0 aliphatic carbocycles. The van der Waals surface area contributed by atoms with Crippen LogP contribution in [-0.4, -0.2) is 30.6 Å². The summed E-state index contributed by atoms with van der Waals surface area (Å²) in [7, 11) is 1.69. The third-order valence-corrected chi connectivity index (χ3v) is 4.59. The lowest BCUT2D eigenvalue weighted by Gasteiger charge is -2.42. The van der Waals surface area contributed by atoms with E-state index < -0.39 is 0 Å². The molecular formula is C16H27ClN2O. The number of rotatable bonds is 8. The number of hydrogen-bond donors (Lipinski definition) is 1. The van der Waals surface area contributed by atoms with Crippen molar-refractivity contribution in [1.82, 2.24) is 4.90 Å². The Labute approximate surface area is 128 Å². The second-order valence-corrected chi connectivity index (χ2v) is 5.54. The molecule has 0 fully saturated rings. The van der Waals surface area contributed by atoms with Crippen molar-refractivity contribution < 1.29 is 4.74 Å². The molecule has 0 spiro atoms. The highest BCUT2D eigenvalue weighted by Gasteiger charge is 2.31. The molecule has 0 aromatic heterocycles. The predicted molar refractivity (Wildman–Crippen MR) is 86.5 cm³/mol. The van der Waals surface area contributed by atoms with E-state index in [9.17, 15) is 0 Å². The number of halogens is 1. The summed E-state index contributed by atoms with van der Waals surface area (Å²) in [5.74, 6) is 0.881. The summed E-state index contributed by atoms with van der Waals surface area (Å²) in [6.07, 6.45) is 2.08. The zero-order valence-electron chi connectivity index (χ0n) is 13.1. The van der Waals surface area contributed by atoms with Gasteiger partial charge in [0.05, 0.1) is 7.11 Å². The smallest absolute Gasteiger partial charge is 0.123 e. The average Bonchev–Trinajstić information content (AvgIpc) is 2.48. The summed E-state index contributed by atoms with van der Waals surface area (Å²) < 4.78 is 5.44. The van der Waals surface area contributed by atoms with Crippen molar-refractivity contribution in [2.45, 2.75) is 45.7 Å². The first-order chi connectivity index (χ1) is 9.56. The average molecular weight is 299 g/mol. The molecule has 0 saturated heterocycles. The lowest BCUT2D eigenvalue weighted by Crippen LogP contribution is -2.52. The maximum absolute atomic E-state index is 6.12. The van der Waals surface area contributed by atoms with Gasteiger partial charge in [-0.25, -0.2) is 0 Å². The molecule has 0 heterocycles. The monoisotopic (exact) mass is 298 g/mol. The Morgan fingerprint density at radius 3 is 2.35 bits per heavy atom. The van der Waals surface area contributed by atoms with E-state index in [0.29, 0.717) is 6.54 Å². The van der Waals surface area contributed by atoms with E-state index in [0.717, 1.165) is 42.3 Å². The van der Waals surface area contributed by atoms with Crippen LogP contribution in [0.4, 0.5) is 0 Å². The number of ether oxygens (including phenoxy) is 1. The van der Waals surface area contributed by atoms with E-state index in [1.165, 1.54) is 0 Å². The van der Waals surface area contributed by atoms with Crippen LogP contribution < -0.4 is 10.5 Å². The van der Waals surface area contributed by atoms with E-state index in [1.807, 2.05) is 18.2 Å².